The zero-order valence-electron chi connectivity index (χ0n) is 10.5. The highest BCUT2D eigenvalue weighted by Gasteiger charge is 2.01. The summed E-state index contributed by atoms with van der Waals surface area (Å²) in [5, 5.41) is 14.8. The minimum Gasteiger partial charge on any atom is -0.259 e. The Bertz CT molecular complexity index is 765. The van der Waals surface area contributed by atoms with Gasteiger partial charge in [0.05, 0.1) is 12.4 Å². The van der Waals surface area contributed by atoms with Crippen LogP contribution in [0, 0.1) is 0 Å². The Morgan fingerprint density at radius 3 is 2.75 bits per heavy atom. The second-order valence-electron chi connectivity index (χ2n) is 4.17. The second-order valence-corrected chi connectivity index (χ2v) is 4.58. The van der Waals surface area contributed by atoms with Gasteiger partial charge in [-0.05, 0) is 6.07 Å². The van der Waals surface area contributed by atoms with Crippen molar-refractivity contribution in [2.75, 3.05) is 5.43 Å². The first kappa shape index (κ1) is 12.6. The van der Waals surface area contributed by atoms with Gasteiger partial charge in [-0.1, -0.05) is 54.1 Å². The van der Waals surface area contributed by atoms with E-state index in [-0.39, 0.29) is 0 Å². The molecule has 0 radical (unpaired) electrons. The van der Waals surface area contributed by atoms with Gasteiger partial charge in [0.1, 0.15) is 0 Å². The summed E-state index contributed by atoms with van der Waals surface area (Å²) in [7, 11) is 0. The molecule has 0 aliphatic rings. The molecule has 0 amide bonds. The fourth-order valence-electron chi connectivity index (χ4n) is 1.85. The molecule has 0 bridgehead atoms. The number of hydrogen-bond acceptors (Lipinski definition) is 4. The zero-order valence-corrected chi connectivity index (χ0v) is 11.2. The van der Waals surface area contributed by atoms with E-state index in [0.717, 1.165) is 16.3 Å². The topological polar surface area (TPSA) is 50.2 Å². The lowest BCUT2D eigenvalue weighted by molar-refractivity contribution is 1.04. The smallest absolute Gasteiger partial charge is 0.176 e. The first-order valence-electron chi connectivity index (χ1n) is 6.08. The van der Waals surface area contributed by atoms with E-state index >= 15 is 0 Å². The first-order chi connectivity index (χ1) is 9.84. The van der Waals surface area contributed by atoms with Crippen molar-refractivity contribution >= 4 is 34.4 Å². The number of hydrogen-bond donors (Lipinski definition) is 1. The summed E-state index contributed by atoms with van der Waals surface area (Å²) >= 11 is 6.05. The molecule has 3 aromatic rings. The van der Waals surface area contributed by atoms with E-state index in [1.807, 2.05) is 48.5 Å². The number of rotatable bonds is 3. The summed E-state index contributed by atoms with van der Waals surface area (Å²) in [6.07, 6.45) is 3.38. The van der Waals surface area contributed by atoms with Gasteiger partial charge in [0.25, 0.3) is 0 Å². The van der Waals surface area contributed by atoms with E-state index in [4.69, 9.17) is 11.6 Å². The molecule has 0 unspecified atom stereocenters. The van der Waals surface area contributed by atoms with Gasteiger partial charge in [0.15, 0.2) is 5.82 Å². The highest BCUT2D eigenvalue weighted by Crippen LogP contribution is 2.19. The maximum Gasteiger partial charge on any atom is 0.176 e. The van der Waals surface area contributed by atoms with Gasteiger partial charge in [0, 0.05) is 21.4 Å². The van der Waals surface area contributed by atoms with Crippen LogP contribution < -0.4 is 5.43 Å². The standard InChI is InChI=1S/C15H11ClN4/c16-14-8-4-2-6-12(14)10-18-20-15-13-7-3-1-5-11(13)9-17-19-15/h1-10H,(H,19,20)/b18-10-. The molecule has 0 aliphatic heterocycles. The molecule has 4 nitrogen and oxygen atoms in total. The Morgan fingerprint density at radius 1 is 1.05 bits per heavy atom. The van der Waals surface area contributed by atoms with Gasteiger partial charge in [0.2, 0.25) is 0 Å². The zero-order chi connectivity index (χ0) is 13.8. The van der Waals surface area contributed by atoms with E-state index < -0.39 is 0 Å². The molecule has 3 rings (SSSR count). The van der Waals surface area contributed by atoms with E-state index in [2.05, 4.69) is 20.7 Å². The van der Waals surface area contributed by atoms with Crippen molar-refractivity contribution in [1.82, 2.24) is 10.2 Å². The number of anilines is 1. The lowest BCUT2D eigenvalue weighted by Crippen LogP contribution is -1.96. The van der Waals surface area contributed by atoms with Crippen molar-refractivity contribution in [1.29, 1.82) is 0 Å². The minimum absolute atomic E-state index is 0.617. The van der Waals surface area contributed by atoms with Crippen molar-refractivity contribution in [3.63, 3.8) is 0 Å². The Balaban J connectivity index is 1.86. The van der Waals surface area contributed by atoms with Crippen LogP contribution in [-0.4, -0.2) is 16.4 Å². The SMILES string of the molecule is Clc1ccccc1/C=N\Nc1nncc2ccccc12. The Kier molecular flexibility index (Phi) is 3.56. The van der Waals surface area contributed by atoms with Crippen molar-refractivity contribution in [2.24, 2.45) is 5.10 Å². The van der Waals surface area contributed by atoms with Gasteiger partial charge in [-0.25, -0.2) is 0 Å². The lowest BCUT2D eigenvalue weighted by Gasteiger charge is -2.03. The third kappa shape index (κ3) is 2.60. The van der Waals surface area contributed by atoms with Gasteiger partial charge in [-0.15, -0.1) is 5.10 Å². The van der Waals surface area contributed by atoms with Gasteiger partial charge in [-0.2, -0.15) is 10.2 Å². The monoisotopic (exact) mass is 282 g/mol. The molecule has 0 saturated carbocycles. The number of nitrogens with zero attached hydrogens (tertiary/aromatic N) is 3. The molecule has 0 saturated heterocycles. The van der Waals surface area contributed by atoms with Gasteiger partial charge >= 0.3 is 0 Å². The van der Waals surface area contributed by atoms with Crippen LogP contribution in [0.5, 0.6) is 0 Å². The molecular weight excluding hydrogens is 272 g/mol. The van der Waals surface area contributed by atoms with Crippen molar-refractivity contribution in [3.8, 4) is 0 Å². The summed E-state index contributed by atoms with van der Waals surface area (Å²) in [4.78, 5) is 0. The lowest BCUT2D eigenvalue weighted by atomic mass is 10.2. The number of nitrogens with one attached hydrogen (secondary N) is 1. The maximum absolute atomic E-state index is 6.05. The Morgan fingerprint density at radius 2 is 1.85 bits per heavy atom. The molecule has 1 N–H and O–H groups in total. The van der Waals surface area contributed by atoms with Crippen LogP contribution in [0.4, 0.5) is 5.82 Å². The van der Waals surface area contributed by atoms with Crippen LogP contribution in [0.1, 0.15) is 5.56 Å². The third-order valence-corrected chi connectivity index (χ3v) is 3.19. The summed E-state index contributed by atoms with van der Waals surface area (Å²) in [5.41, 5.74) is 3.74. The molecular formula is C15H11ClN4. The van der Waals surface area contributed by atoms with Crippen molar-refractivity contribution in [3.05, 3.63) is 65.3 Å². The van der Waals surface area contributed by atoms with Crippen molar-refractivity contribution < 1.29 is 0 Å². The van der Waals surface area contributed by atoms with Gasteiger partial charge < -0.3 is 0 Å². The average molecular weight is 283 g/mol. The number of hydrazone groups is 1. The van der Waals surface area contributed by atoms with Crippen LogP contribution in [0.2, 0.25) is 5.02 Å². The summed E-state index contributed by atoms with van der Waals surface area (Å²) < 4.78 is 0. The van der Waals surface area contributed by atoms with Crippen LogP contribution >= 0.6 is 11.6 Å². The highest BCUT2D eigenvalue weighted by molar-refractivity contribution is 6.33. The number of aromatic nitrogens is 2. The van der Waals surface area contributed by atoms with Gasteiger partial charge in [-0.3, -0.25) is 5.43 Å². The van der Waals surface area contributed by atoms with E-state index in [0.29, 0.717) is 10.8 Å². The highest BCUT2D eigenvalue weighted by atomic mass is 35.5. The van der Waals surface area contributed by atoms with Crippen LogP contribution in [0.25, 0.3) is 10.8 Å². The quantitative estimate of drug-likeness (QED) is 0.588. The number of fused-ring (bicyclic) bond motifs is 1. The fourth-order valence-corrected chi connectivity index (χ4v) is 2.04. The van der Waals surface area contributed by atoms with Crippen LogP contribution in [0.15, 0.2) is 59.8 Å². The number of halogens is 1. The van der Waals surface area contributed by atoms with E-state index in [1.165, 1.54) is 0 Å². The van der Waals surface area contributed by atoms with E-state index in [1.54, 1.807) is 12.4 Å². The summed E-state index contributed by atoms with van der Waals surface area (Å²) in [5.74, 6) is 0.617. The van der Waals surface area contributed by atoms with Crippen molar-refractivity contribution in [2.45, 2.75) is 0 Å². The van der Waals surface area contributed by atoms with Crippen LogP contribution in [0.3, 0.4) is 0 Å². The fraction of sp³-hybridized carbons (Fsp3) is 0. The molecule has 0 spiro atoms. The average Bonchev–Trinajstić information content (AvgIpc) is 2.49. The molecule has 0 fully saturated rings. The molecule has 2 aromatic carbocycles. The molecule has 5 heteroatoms. The predicted molar refractivity (Wildman–Crippen MR) is 82.2 cm³/mol. The molecule has 0 atom stereocenters. The third-order valence-electron chi connectivity index (χ3n) is 2.85. The molecule has 98 valence electrons. The first-order valence-corrected chi connectivity index (χ1v) is 6.46. The predicted octanol–water partition coefficient (Wildman–Crippen LogP) is 3.73. The van der Waals surface area contributed by atoms with E-state index in [9.17, 15) is 0 Å². The summed E-state index contributed by atoms with van der Waals surface area (Å²) in [6.45, 7) is 0. The number of benzene rings is 2. The molecule has 0 aliphatic carbocycles. The van der Waals surface area contributed by atoms with Crippen LogP contribution in [-0.2, 0) is 0 Å². The molecule has 20 heavy (non-hydrogen) atoms. The molecule has 1 heterocycles. The second kappa shape index (κ2) is 5.67. The summed E-state index contributed by atoms with van der Waals surface area (Å²) in [6, 6.07) is 15.4. The largest absolute Gasteiger partial charge is 0.259 e. The normalized spacial score (nSPS) is 11.1. The Hall–Kier alpha value is -2.46. The Labute approximate surface area is 121 Å². The minimum atomic E-state index is 0.617. The maximum atomic E-state index is 6.05. The molecule has 1 aromatic heterocycles.